The Morgan fingerprint density at radius 2 is 2.20 bits per heavy atom. The van der Waals surface area contributed by atoms with Crippen molar-refractivity contribution in [1.29, 1.82) is 0 Å². The van der Waals surface area contributed by atoms with Gasteiger partial charge in [0.25, 0.3) is 6.23 Å². The molecule has 1 aliphatic rings. The predicted molar refractivity (Wildman–Crippen MR) is 75.7 cm³/mol. The molecule has 2 aromatic rings. The number of ether oxygens (including phenoxy) is 1. The van der Waals surface area contributed by atoms with Gasteiger partial charge < -0.3 is 9.15 Å². The first-order valence-corrected chi connectivity index (χ1v) is 6.79. The van der Waals surface area contributed by atoms with E-state index in [4.69, 9.17) is 9.15 Å². The highest BCUT2D eigenvalue weighted by atomic mass is 79.9. The first-order valence-electron chi connectivity index (χ1n) is 5.99. The third-order valence-electron chi connectivity index (χ3n) is 2.82. The van der Waals surface area contributed by atoms with E-state index in [1.54, 1.807) is 12.1 Å². The summed E-state index contributed by atoms with van der Waals surface area (Å²) in [7, 11) is 0. The van der Waals surface area contributed by atoms with E-state index in [0.29, 0.717) is 11.7 Å². The summed E-state index contributed by atoms with van der Waals surface area (Å²) in [6, 6.07) is 11.0. The van der Waals surface area contributed by atoms with E-state index in [1.165, 1.54) is 18.2 Å². The van der Waals surface area contributed by atoms with Crippen LogP contribution >= 0.6 is 15.9 Å². The van der Waals surface area contributed by atoms with Gasteiger partial charge in [-0.1, -0.05) is 22.0 Å². The second-order valence-electron chi connectivity index (χ2n) is 4.26. The van der Waals surface area contributed by atoms with Crippen molar-refractivity contribution < 1.29 is 13.9 Å². The number of carbonyl (C=O) groups is 1. The van der Waals surface area contributed by atoms with Gasteiger partial charge in [-0.05, 0) is 30.3 Å². The number of carbonyl (C=O) groups excluding carboxylic acids is 1. The number of hydrogen-bond donors (Lipinski definition) is 0. The molecule has 2 heterocycles. The van der Waals surface area contributed by atoms with Crippen LogP contribution in [-0.2, 0) is 9.53 Å². The van der Waals surface area contributed by atoms with Crippen LogP contribution in [0.3, 0.4) is 0 Å². The van der Waals surface area contributed by atoms with Crippen LogP contribution in [0.25, 0.3) is 0 Å². The third kappa shape index (κ3) is 2.34. The summed E-state index contributed by atoms with van der Waals surface area (Å²) in [6.45, 7) is 1.44. The smallest absolute Gasteiger partial charge is 0.254 e. The lowest BCUT2D eigenvalue weighted by atomic mass is 10.2. The number of amides is 1. The molecule has 6 heteroatoms. The molecule has 0 saturated carbocycles. The van der Waals surface area contributed by atoms with Crippen LogP contribution in [0.2, 0.25) is 0 Å². The van der Waals surface area contributed by atoms with Crippen LogP contribution in [0, 0.1) is 0 Å². The van der Waals surface area contributed by atoms with Crippen LogP contribution in [0.1, 0.15) is 24.5 Å². The molecule has 1 amide bonds. The second kappa shape index (κ2) is 5.13. The average molecular weight is 335 g/mol. The monoisotopic (exact) mass is 334 g/mol. The fourth-order valence-corrected chi connectivity index (χ4v) is 2.32. The fourth-order valence-electron chi connectivity index (χ4n) is 1.92. The number of benzene rings is 1. The zero-order valence-corrected chi connectivity index (χ0v) is 12.2. The van der Waals surface area contributed by atoms with Gasteiger partial charge in [-0.3, -0.25) is 4.79 Å². The van der Waals surface area contributed by atoms with Gasteiger partial charge >= 0.3 is 0 Å². The highest BCUT2D eigenvalue weighted by Crippen LogP contribution is 2.30. The van der Waals surface area contributed by atoms with Gasteiger partial charge in [-0.25, -0.2) is 0 Å². The molecule has 3 rings (SSSR count). The molecule has 0 aliphatic carbocycles. The zero-order valence-electron chi connectivity index (χ0n) is 10.6. The van der Waals surface area contributed by atoms with E-state index < -0.39 is 6.23 Å². The van der Waals surface area contributed by atoms with E-state index in [2.05, 4.69) is 21.0 Å². The van der Waals surface area contributed by atoms with Gasteiger partial charge in [-0.2, -0.15) is 5.01 Å². The number of rotatable bonds is 2. The van der Waals surface area contributed by atoms with Gasteiger partial charge in [0.1, 0.15) is 0 Å². The minimum atomic E-state index is -0.656. The summed E-state index contributed by atoms with van der Waals surface area (Å²) in [5, 5.41) is 5.51. The Kier molecular flexibility index (Phi) is 3.31. The van der Waals surface area contributed by atoms with Crippen LogP contribution in [0.15, 0.2) is 56.7 Å². The number of halogens is 1. The highest BCUT2D eigenvalue weighted by molar-refractivity contribution is 9.10. The summed E-state index contributed by atoms with van der Waals surface area (Å²) >= 11 is 3.40. The lowest BCUT2D eigenvalue weighted by Crippen LogP contribution is -2.24. The standard InChI is InChI=1S/C14H11BrN2O3/c1-9(18)17-14(12-6-3-7-19-12)20-13(16-17)10-4-2-5-11(15)8-10/h2-8,14H,1H3/t14-/m1/s1. The molecule has 1 aromatic carbocycles. The van der Waals surface area contributed by atoms with Gasteiger partial charge in [0.2, 0.25) is 11.8 Å². The normalized spacial score (nSPS) is 17.8. The van der Waals surface area contributed by atoms with Crippen molar-refractivity contribution in [1.82, 2.24) is 5.01 Å². The highest BCUT2D eigenvalue weighted by Gasteiger charge is 2.34. The molecule has 1 aliphatic heterocycles. The molecule has 0 unspecified atom stereocenters. The topological polar surface area (TPSA) is 55.0 Å². The minimum absolute atomic E-state index is 0.212. The van der Waals surface area contributed by atoms with E-state index >= 15 is 0 Å². The lowest BCUT2D eigenvalue weighted by Gasteiger charge is -2.16. The van der Waals surface area contributed by atoms with Crippen LogP contribution < -0.4 is 0 Å². The molecule has 0 N–H and O–H groups in total. The Morgan fingerprint density at radius 1 is 1.35 bits per heavy atom. The lowest BCUT2D eigenvalue weighted by molar-refractivity contribution is -0.136. The number of hydrogen-bond acceptors (Lipinski definition) is 4. The van der Waals surface area contributed by atoms with Crippen LogP contribution in [-0.4, -0.2) is 16.8 Å². The van der Waals surface area contributed by atoms with Crippen molar-refractivity contribution in [2.45, 2.75) is 13.2 Å². The molecule has 5 nitrogen and oxygen atoms in total. The van der Waals surface area contributed by atoms with Gasteiger partial charge in [0, 0.05) is 17.0 Å². The SMILES string of the molecule is CC(=O)N1N=C(c2cccc(Br)c2)O[C@@H]1c1ccco1. The van der Waals surface area contributed by atoms with Crippen molar-refractivity contribution in [2.24, 2.45) is 5.10 Å². The molecule has 0 radical (unpaired) electrons. The Balaban J connectivity index is 1.95. The average Bonchev–Trinajstić information content (AvgIpc) is 3.08. The van der Waals surface area contributed by atoms with E-state index in [1.807, 2.05) is 24.3 Å². The summed E-state index contributed by atoms with van der Waals surface area (Å²) in [5.41, 5.74) is 0.791. The molecule has 1 atom stereocenters. The minimum Gasteiger partial charge on any atom is -0.463 e. The van der Waals surface area contributed by atoms with Gasteiger partial charge in [0.15, 0.2) is 5.76 Å². The van der Waals surface area contributed by atoms with Gasteiger partial charge in [-0.15, -0.1) is 5.10 Å². The second-order valence-corrected chi connectivity index (χ2v) is 5.18. The van der Waals surface area contributed by atoms with E-state index in [-0.39, 0.29) is 5.91 Å². The molecule has 0 fully saturated rings. The first kappa shape index (κ1) is 12.9. The molecule has 20 heavy (non-hydrogen) atoms. The van der Waals surface area contributed by atoms with Crippen LogP contribution in [0.5, 0.6) is 0 Å². The first-order chi connectivity index (χ1) is 9.65. The molecule has 0 spiro atoms. The number of furan rings is 1. The fraction of sp³-hybridized carbons (Fsp3) is 0.143. The van der Waals surface area contributed by atoms with Gasteiger partial charge in [0.05, 0.1) is 6.26 Å². The molecule has 0 bridgehead atoms. The van der Waals surface area contributed by atoms with Crippen molar-refractivity contribution in [3.05, 3.63) is 58.5 Å². The van der Waals surface area contributed by atoms with Crippen LogP contribution in [0.4, 0.5) is 0 Å². The molecule has 1 aromatic heterocycles. The third-order valence-corrected chi connectivity index (χ3v) is 3.32. The summed E-state index contributed by atoms with van der Waals surface area (Å²) in [4.78, 5) is 11.7. The quantitative estimate of drug-likeness (QED) is 0.846. The van der Waals surface area contributed by atoms with E-state index in [0.717, 1.165) is 10.0 Å². The van der Waals surface area contributed by atoms with Crippen molar-refractivity contribution in [2.75, 3.05) is 0 Å². The largest absolute Gasteiger partial charge is 0.463 e. The van der Waals surface area contributed by atoms with Crippen molar-refractivity contribution >= 4 is 27.7 Å². The Morgan fingerprint density at radius 3 is 2.85 bits per heavy atom. The Labute approximate surface area is 124 Å². The predicted octanol–water partition coefficient (Wildman–Crippen LogP) is 3.28. The molecular formula is C14H11BrN2O3. The van der Waals surface area contributed by atoms with Crippen molar-refractivity contribution in [3.63, 3.8) is 0 Å². The summed E-state index contributed by atoms with van der Waals surface area (Å²) < 4.78 is 12.0. The van der Waals surface area contributed by atoms with Crippen molar-refractivity contribution in [3.8, 4) is 0 Å². The summed E-state index contributed by atoms with van der Waals surface area (Å²) in [5.74, 6) is 0.716. The zero-order chi connectivity index (χ0) is 14.1. The maximum atomic E-state index is 11.7. The maximum Gasteiger partial charge on any atom is 0.254 e. The number of hydrazone groups is 1. The molecule has 102 valence electrons. The molecular weight excluding hydrogens is 324 g/mol. The Hall–Kier alpha value is -2.08. The maximum absolute atomic E-state index is 11.7. The Bertz CT molecular complexity index is 667. The van der Waals surface area contributed by atoms with E-state index in [9.17, 15) is 4.79 Å². The number of nitrogens with zero attached hydrogens (tertiary/aromatic N) is 2. The molecule has 0 saturated heterocycles. The summed E-state index contributed by atoms with van der Waals surface area (Å²) in [6.07, 6.45) is 0.880.